The number of fused-ring (bicyclic) bond motifs is 1. The van der Waals surface area contributed by atoms with Crippen molar-refractivity contribution in [2.45, 2.75) is 44.8 Å². The van der Waals surface area contributed by atoms with Crippen LogP contribution in [0.15, 0.2) is 67.3 Å². The normalized spacial score (nSPS) is 18.7. The van der Waals surface area contributed by atoms with Gasteiger partial charge >= 0.3 is 0 Å². The molecule has 0 unspecified atom stereocenters. The average molecular weight is 437 g/mol. The molecule has 4 rings (SSSR count). The Morgan fingerprint density at radius 3 is 2.34 bits per heavy atom. The third-order valence-corrected chi connectivity index (χ3v) is 6.18. The summed E-state index contributed by atoms with van der Waals surface area (Å²) in [5.41, 5.74) is 2.84. The third kappa shape index (κ3) is 5.81. The minimum Gasteiger partial charge on any atom is -0.352 e. The van der Waals surface area contributed by atoms with Gasteiger partial charge in [0.25, 0.3) is 0 Å². The van der Waals surface area contributed by atoms with E-state index >= 15 is 4.39 Å². The molecular weight excluding hydrogens is 406 g/mol. The van der Waals surface area contributed by atoms with E-state index in [1.54, 1.807) is 12.1 Å². The van der Waals surface area contributed by atoms with Crippen molar-refractivity contribution in [3.63, 3.8) is 0 Å². The van der Waals surface area contributed by atoms with Gasteiger partial charge in [0.1, 0.15) is 11.6 Å². The second-order valence-corrected chi connectivity index (χ2v) is 8.59. The van der Waals surface area contributed by atoms with Crippen LogP contribution in [0.2, 0.25) is 0 Å². The zero-order valence-corrected chi connectivity index (χ0v) is 18.4. The van der Waals surface area contributed by atoms with Crippen molar-refractivity contribution in [1.29, 1.82) is 0 Å². The van der Waals surface area contributed by atoms with Crippen molar-refractivity contribution in [2.75, 3.05) is 13.2 Å². The van der Waals surface area contributed by atoms with Gasteiger partial charge in [0.2, 0.25) is 0 Å². The number of rotatable bonds is 9. The van der Waals surface area contributed by atoms with Crippen molar-refractivity contribution < 1.29 is 18.3 Å². The Morgan fingerprint density at radius 2 is 1.59 bits per heavy atom. The van der Waals surface area contributed by atoms with Gasteiger partial charge in [-0.3, -0.25) is 0 Å². The van der Waals surface area contributed by atoms with Gasteiger partial charge in [0.15, 0.2) is 6.29 Å². The Hall–Kier alpha value is -2.56. The van der Waals surface area contributed by atoms with E-state index in [0.717, 1.165) is 55.4 Å². The van der Waals surface area contributed by atoms with Gasteiger partial charge in [0, 0.05) is 17.7 Å². The standard InChI is InChI=1S/C28H30F2O2/c1-2-3-4-22-18-31-27(32-19-22)16-9-21-8-15-26-24(17-21)12-11-23(28(26)30)10-5-20-6-13-25(29)14-7-20/h2,6-8,11-15,17,22,27H,1,3-5,9-10,16,18-19H2. The number of benzene rings is 3. The minimum absolute atomic E-state index is 0.166. The average Bonchev–Trinajstić information content (AvgIpc) is 2.82. The fourth-order valence-electron chi connectivity index (χ4n) is 4.22. The number of ether oxygens (including phenoxy) is 2. The highest BCUT2D eigenvalue weighted by Gasteiger charge is 2.21. The van der Waals surface area contributed by atoms with E-state index in [4.69, 9.17) is 9.47 Å². The first kappa shape index (κ1) is 22.6. The second kappa shape index (κ2) is 10.8. The van der Waals surface area contributed by atoms with Crippen LogP contribution in [-0.4, -0.2) is 19.5 Å². The molecule has 0 amide bonds. The summed E-state index contributed by atoms with van der Waals surface area (Å²) in [6, 6.07) is 16.2. The van der Waals surface area contributed by atoms with Crippen LogP contribution in [0.25, 0.3) is 10.8 Å². The first-order valence-corrected chi connectivity index (χ1v) is 11.4. The Morgan fingerprint density at radius 1 is 0.844 bits per heavy atom. The van der Waals surface area contributed by atoms with Gasteiger partial charge < -0.3 is 9.47 Å². The van der Waals surface area contributed by atoms with Gasteiger partial charge in [0.05, 0.1) is 13.2 Å². The minimum atomic E-state index is -0.254. The maximum absolute atomic E-state index is 15.1. The Kier molecular flexibility index (Phi) is 7.67. The van der Waals surface area contributed by atoms with Crippen LogP contribution in [0.3, 0.4) is 0 Å². The van der Waals surface area contributed by atoms with Gasteiger partial charge in [-0.25, -0.2) is 8.78 Å². The lowest BCUT2D eigenvalue weighted by Crippen LogP contribution is -2.32. The SMILES string of the molecule is C=CCCC1COC(CCc2ccc3c(F)c(CCc4ccc(F)cc4)ccc3c2)OC1. The van der Waals surface area contributed by atoms with Crippen LogP contribution in [0.4, 0.5) is 8.78 Å². The van der Waals surface area contributed by atoms with Crippen molar-refractivity contribution in [3.05, 3.63) is 95.6 Å². The summed E-state index contributed by atoms with van der Waals surface area (Å²) in [5, 5.41) is 1.54. The molecule has 0 aliphatic carbocycles. The summed E-state index contributed by atoms with van der Waals surface area (Å²) in [4.78, 5) is 0. The molecule has 0 aromatic heterocycles. The van der Waals surface area contributed by atoms with Crippen molar-refractivity contribution in [2.24, 2.45) is 5.92 Å². The van der Waals surface area contributed by atoms with E-state index in [-0.39, 0.29) is 17.9 Å². The monoisotopic (exact) mass is 436 g/mol. The van der Waals surface area contributed by atoms with Crippen molar-refractivity contribution in [3.8, 4) is 0 Å². The molecule has 1 heterocycles. The van der Waals surface area contributed by atoms with Crippen LogP contribution in [-0.2, 0) is 28.7 Å². The smallest absolute Gasteiger partial charge is 0.157 e. The van der Waals surface area contributed by atoms with Gasteiger partial charge in [-0.05, 0) is 66.3 Å². The summed E-state index contributed by atoms with van der Waals surface area (Å²) in [7, 11) is 0. The first-order chi connectivity index (χ1) is 15.6. The zero-order chi connectivity index (χ0) is 22.3. The lowest BCUT2D eigenvalue weighted by Gasteiger charge is -2.29. The summed E-state index contributed by atoms with van der Waals surface area (Å²) in [6.45, 7) is 5.24. The third-order valence-electron chi connectivity index (χ3n) is 6.18. The fourth-order valence-corrected chi connectivity index (χ4v) is 4.22. The number of hydrogen-bond donors (Lipinski definition) is 0. The molecule has 0 spiro atoms. The molecule has 168 valence electrons. The molecule has 3 aromatic rings. The molecule has 3 aromatic carbocycles. The predicted molar refractivity (Wildman–Crippen MR) is 125 cm³/mol. The van der Waals surface area contributed by atoms with Crippen LogP contribution >= 0.6 is 0 Å². The van der Waals surface area contributed by atoms with E-state index in [9.17, 15) is 4.39 Å². The maximum atomic E-state index is 15.1. The van der Waals surface area contributed by atoms with Crippen LogP contribution in [0.5, 0.6) is 0 Å². The summed E-state index contributed by atoms with van der Waals surface area (Å²) < 4.78 is 39.9. The van der Waals surface area contributed by atoms with Crippen molar-refractivity contribution in [1.82, 2.24) is 0 Å². The number of halogens is 2. The molecule has 4 heteroatoms. The lowest BCUT2D eigenvalue weighted by atomic mass is 9.98. The van der Waals surface area contributed by atoms with Crippen molar-refractivity contribution >= 4 is 10.8 Å². The van der Waals surface area contributed by atoms with E-state index < -0.39 is 0 Å². The summed E-state index contributed by atoms with van der Waals surface area (Å²) in [6.07, 6.45) is 6.68. The summed E-state index contributed by atoms with van der Waals surface area (Å²) >= 11 is 0. The molecule has 2 nitrogen and oxygen atoms in total. The molecule has 0 radical (unpaired) electrons. The lowest BCUT2D eigenvalue weighted by molar-refractivity contribution is -0.203. The molecule has 1 fully saturated rings. The van der Waals surface area contributed by atoms with Gasteiger partial charge in [-0.2, -0.15) is 0 Å². The molecular formula is C28H30F2O2. The molecule has 0 N–H and O–H groups in total. The molecule has 0 bridgehead atoms. The molecule has 1 aliphatic heterocycles. The molecule has 0 atom stereocenters. The maximum Gasteiger partial charge on any atom is 0.157 e. The number of hydrogen-bond acceptors (Lipinski definition) is 2. The van der Waals surface area contributed by atoms with E-state index in [2.05, 4.69) is 12.6 Å². The Labute approximate surface area is 188 Å². The largest absolute Gasteiger partial charge is 0.352 e. The van der Waals surface area contributed by atoms with E-state index in [1.165, 1.54) is 12.1 Å². The van der Waals surface area contributed by atoms with E-state index in [0.29, 0.717) is 29.7 Å². The predicted octanol–water partition coefficient (Wildman–Crippen LogP) is 6.79. The highest BCUT2D eigenvalue weighted by Crippen LogP contribution is 2.25. The van der Waals surface area contributed by atoms with Gasteiger partial charge in [-0.1, -0.05) is 48.5 Å². The molecule has 1 aliphatic rings. The molecule has 0 saturated carbocycles. The topological polar surface area (TPSA) is 18.5 Å². The quantitative estimate of drug-likeness (QED) is 0.344. The molecule has 1 saturated heterocycles. The van der Waals surface area contributed by atoms with Gasteiger partial charge in [-0.15, -0.1) is 6.58 Å². The highest BCUT2D eigenvalue weighted by molar-refractivity contribution is 5.84. The number of aryl methyl sites for hydroxylation is 3. The Balaban J connectivity index is 1.33. The van der Waals surface area contributed by atoms with Crippen LogP contribution < -0.4 is 0 Å². The van der Waals surface area contributed by atoms with E-state index in [1.807, 2.05) is 30.3 Å². The van der Waals surface area contributed by atoms with Crippen LogP contribution in [0.1, 0.15) is 36.0 Å². The second-order valence-electron chi connectivity index (χ2n) is 8.59. The zero-order valence-electron chi connectivity index (χ0n) is 18.4. The number of allylic oxidation sites excluding steroid dienone is 1. The summed E-state index contributed by atoms with van der Waals surface area (Å²) in [5.74, 6) is 0.0292. The molecule has 32 heavy (non-hydrogen) atoms. The highest BCUT2D eigenvalue weighted by atomic mass is 19.1. The Bertz CT molecular complexity index is 1040. The van der Waals surface area contributed by atoms with Crippen LogP contribution in [0, 0.1) is 17.6 Å². The first-order valence-electron chi connectivity index (χ1n) is 11.4. The fraction of sp³-hybridized carbons (Fsp3) is 0.357.